The predicted molar refractivity (Wildman–Crippen MR) is 75.8 cm³/mol. The average molecular weight is 282 g/mol. The summed E-state index contributed by atoms with van der Waals surface area (Å²) in [6.07, 6.45) is 8.04. The molecule has 0 radical (unpaired) electrons. The van der Waals surface area contributed by atoms with Crippen LogP contribution in [0.4, 0.5) is 0 Å². The third kappa shape index (κ3) is 3.32. The maximum absolute atomic E-state index is 10.7. The van der Waals surface area contributed by atoms with Gasteiger partial charge in [-0.3, -0.25) is 14.6 Å². The molecule has 3 aliphatic rings. The lowest BCUT2D eigenvalue weighted by atomic mass is 9.98. The van der Waals surface area contributed by atoms with E-state index in [-0.39, 0.29) is 12.1 Å². The Labute approximate surface area is 120 Å². The van der Waals surface area contributed by atoms with Crippen LogP contribution in [0.25, 0.3) is 0 Å². The predicted octanol–water partition coefficient (Wildman–Crippen LogP) is 1.18. The molecule has 0 aromatic heterocycles. The molecule has 1 saturated carbocycles. The first-order chi connectivity index (χ1) is 9.65. The van der Waals surface area contributed by atoms with Crippen LogP contribution in [-0.2, 0) is 9.53 Å². The summed E-state index contributed by atoms with van der Waals surface area (Å²) in [6, 6.07) is 0. The zero-order valence-electron chi connectivity index (χ0n) is 12.2. The van der Waals surface area contributed by atoms with E-state index in [9.17, 15) is 4.79 Å². The Bertz CT molecular complexity index is 347. The number of carboxylic acid groups (broad SMARTS) is 1. The molecule has 1 atom stereocenters. The minimum absolute atomic E-state index is 0.177. The van der Waals surface area contributed by atoms with Crippen molar-refractivity contribution in [2.45, 2.75) is 50.2 Å². The molecule has 1 spiro atoms. The third-order valence-corrected chi connectivity index (χ3v) is 5.14. The van der Waals surface area contributed by atoms with Crippen LogP contribution in [0.3, 0.4) is 0 Å². The molecule has 2 saturated heterocycles. The molecular formula is C15H26N2O3. The fraction of sp³-hybridized carbons (Fsp3) is 0.933. The van der Waals surface area contributed by atoms with Gasteiger partial charge >= 0.3 is 5.97 Å². The van der Waals surface area contributed by atoms with Crippen molar-refractivity contribution in [3.63, 3.8) is 0 Å². The lowest BCUT2D eigenvalue weighted by Gasteiger charge is -2.35. The van der Waals surface area contributed by atoms with Crippen molar-refractivity contribution >= 4 is 5.97 Å². The van der Waals surface area contributed by atoms with Gasteiger partial charge < -0.3 is 9.84 Å². The first kappa shape index (κ1) is 14.3. The summed E-state index contributed by atoms with van der Waals surface area (Å²) < 4.78 is 6.35. The topological polar surface area (TPSA) is 53.0 Å². The van der Waals surface area contributed by atoms with Crippen LogP contribution < -0.4 is 0 Å². The van der Waals surface area contributed by atoms with Gasteiger partial charge in [-0.15, -0.1) is 0 Å². The summed E-state index contributed by atoms with van der Waals surface area (Å²) in [4.78, 5) is 15.2. The fourth-order valence-corrected chi connectivity index (χ4v) is 4.02. The molecule has 114 valence electrons. The van der Waals surface area contributed by atoms with Crippen LogP contribution >= 0.6 is 0 Å². The van der Waals surface area contributed by atoms with Crippen molar-refractivity contribution in [1.29, 1.82) is 0 Å². The molecule has 2 heterocycles. The Balaban J connectivity index is 1.41. The molecule has 5 nitrogen and oxygen atoms in total. The molecule has 0 aromatic rings. The van der Waals surface area contributed by atoms with Crippen LogP contribution in [0.5, 0.6) is 0 Å². The number of hydrogen-bond donors (Lipinski definition) is 1. The number of aliphatic carboxylic acids is 1. The molecular weight excluding hydrogens is 256 g/mol. The second-order valence-electron chi connectivity index (χ2n) is 6.64. The number of hydrogen-bond acceptors (Lipinski definition) is 4. The normalized spacial score (nSPS) is 31.1. The quantitative estimate of drug-likeness (QED) is 0.839. The second-order valence-corrected chi connectivity index (χ2v) is 6.64. The first-order valence-corrected chi connectivity index (χ1v) is 8.00. The third-order valence-electron chi connectivity index (χ3n) is 5.14. The smallest absolute Gasteiger partial charge is 0.317 e. The highest BCUT2D eigenvalue weighted by Crippen LogP contribution is 2.43. The Morgan fingerprint density at radius 1 is 1.10 bits per heavy atom. The fourth-order valence-electron chi connectivity index (χ4n) is 4.02. The van der Waals surface area contributed by atoms with Crippen molar-refractivity contribution in [3.8, 4) is 0 Å². The van der Waals surface area contributed by atoms with Gasteiger partial charge in [0.2, 0.25) is 0 Å². The van der Waals surface area contributed by atoms with E-state index in [2.05, 4.69) is 4.90 Å². The van der Waals surface area contributed by atoms with Gasteiger partial charge in [-0.05, 0) is 25.7 Å². The highest BCUT2D eigenvalue weighted by Gasteiger charge is 2.42. The Hall–Kier alpha value is -0.650. The van der Waals surface area contributed by atoms with E-state index in [4.69, 9.17) is 9.84 Å². The van der Waals surface area contributed by atoms with Gasteiger partial charge in [0.05, 0.1) is 18.2 Å². The largest absolute Gasteiger partial charge is 0.480 e. The summed E-state index contributed by atoms with van der Waals surface area (Å²) in [6.45, 7) is 4.88. The summed E-state index contributed by atoms with van der Waals surface area (Å²) >= 11 is 0. The zero-order chi connectivity index (χ0) is 14.0. The number of nitrogens with zero attached hydrogens (tertiary/aromatic N) is 2. The van der Waals surface area contributed by atoms with Crippen LogP contribution in [0, 0.1) is 0 Å². The zero-order valence-corrected chi connectivity index (χ0v) is 12.2. The van der Waals surface area contributed by atoms with Crippen LogP contribution in [0.15, 0.2) is 0 Å². The van der Waals surface area contributed by atoms with Gasteiger partial charge in [-0.2, -0.15) is 0 Å². The molecule has 1 unspecified atom stereocenters. The molecule has 0 amide bonds. The molecule has 0 bridgehead atoms. The van der Waals surface area contributed by atoms with Crippen LogP contribution in [-0.4, -0.2) is 71.8 Å². The molecule has 2 aliphatic heterocycles. The number of carbonyl (C=O) groups is 1. The molecule has 1 aliphatic carbocycles. The summed E-state index contributed by atoms with van der Waals surface area (Å²) in [5, 5.41) is 8.80. The van der Waals surface area contributed by atoms with E-state index in [1.165, 1.54) is 38.5 Å². The van der Waals surface area contributed by atoms with E-state index >= 15 is 0 Å². The van der Waals surface area contributed by atoms with Gasteiger partial charge in [0.25, 0.3) is 0 Å². The number of carboxylic acids is 1. The van der Waals surface area contributed by atoms with Crippen molar-refractivity contribution in [2.75, 3.05) is 39.3 Å². The summed E-state index contributed by atoms with van der Waals surface area (Å²) in [5.41, 5.74) is 0.232. The number of ether oxygens (including phenoxy) is 1. The molecule has 0 aromatic carbocycles. The number of rotatable bonds is 4. The molecule has 5 heteroatoms. The Morgan fingerprint density at radius 3 is 2.40 bits per heavy atom. The Kier molecular flexibility index (Phi) is 4.29. The SMILES string of the molecule is O=C(O)CN1CCN(CC2CCC3(CCCC3)O2)CC1. The summed E-state index contributed by atoms with van der Waals surface area (Å²) in [5.74, 6) is -0.722. The monoisotopic (exact) mass is 282 g/mol. The molecule has 1 N–H and O–H groups in total. The lowest BCUT2D eigenvalue weighted by Crippen LogP contribution is -2.49. The molecule has 20 heavy (non-hydrogen) atoms. The maximum Gasteiger partial charge on any atom is 0.317 e. The van der Waals surface area contributed by atoms with Gasteiger partial charge in [0.1, 0.15) is 0 Å². The highest BCUT2D eigenvalue weighted by molar-refractivity contribution is 5.69. The minimum Gasteiger partial charge on any atom is -0.480 e. The second kappa shape index (κ2) is 6.00. The minimum atomic E-state index is -0.722. The van der Waals surface area contributed by atoms with E-state index in [1.54, 1.807) is 0 Å². The highest BCUT2D eigenvalue weighted by atomic mass is 16.5. The van der Waals surface area contributed by atoms with Gasteiger partial charge in [-0.25, -0.2) is 0 Å². The van der Waals surface area contributed by atoms with Crippen LogP contribution in [0.2, 0.25) is 0 Å². The van der Waals surface area contributed by atoms with Gasteiger partial charge in [0, 0.05) is 32.7 Å². The number of piperazine rings is 1. The maximum atomic E-state index is 10.7. The van der Waals surface area contributed by atoms with Crippen LogP contribution in [0.1, 0.15) is 38.5 Å². The summed E-state index contributed by atoms with van der Waals surface area (Å²) in [7, 11) is 0. The standard InChI is InChI=1S/C15H26N2O3/c18-14(19)12-17-9-7-16(8-10-17)11-13-3-6-15(20-13)4-1-2-5-15/h13H,1-12H2,(H,18,19). The lowest BCUT2D eigenvalue weighted by molar-refractivity contribution is -0.138. The average Bonchev–Trinajstić information content (AvgIpc) is 3.02. The van der Waals surface area contributed by atoms with Crippen molar-refractivity contribution in [2.24, 2.45) is 0 Å². The van der Waals surface area contributed by atoms with E-state index in [0.717, 1.165) is 32.7 Å². The van der Waals surface area contributed by atoms with E-state index in [0.29, 0.717) is 6.10 Å². The van der Waals surface area contributed by atoms with Crippen molar-refractivity contribution in [1.82, 2.24) is 9.80 Å². The first-order valence-electron chi connectivity index (χ1n) is 8.00. The molecule has 3 rings (SSSR count). The van der Waals surface area contributed by atoms with Gasteiger partial charge in [0.15, 0.2) is 0 Å². The van der Waals surface area contributed by atoms with E-state index < -0.39 is 5.97 Å². The Morgan fingerprint density at radius 2 is 1.75 bits per heavy atom. The van der Waals surface area contributed by atoms with Crippen molar-refractivity contribution in [3.05, 3.63) is 0 Å². The molecule has 3 fully saturated rings. The van der Waals surface area contributed by atoms with E-state index in [1.807, 2.05) is 4.90 Å². The van der Waals surface area contributed by atoms with Gasteiger partial charge in [-0.1, -0.05) is 12.8 Å². The van der Waals surface area contributed by atoms with Crippen molar-refractivity contribution < 1.29 is 14.6 Å².